The normalized spacial score (nSPS) is 12.5. The average Bonchev–Trinajstić information content (AvgIpc) is 4.03. The van der Waals surface area contributed by atoms with E-state index in [-0.39, 0.29) is 0 Å². The molecule has 1 aromatic heterocycles. The van der Waals surface area contributed by atoms with E-state index in [0.29, 0.717) is 0 Å². The van der Waals surface area contributed by atoms with E-state index in [9.17, 15) is 0 Å². The van der Waals surface area contributed by atoms with Gasteiger partial charge >= 0.3 is 0 Å². The molecule has 13 rings (SSSR count). The monoisotopic (exact) mass is 822 g/mol. The van der Waals surface area contributed by atoms with Gasteiger partial charge < -0.3 is 9.80 Å². The molecule has 10 aromatic carbocycles. The minimum atomic E-state index is 0.929. The van der Waals surface area contributed by atoms with Crippen molar-refractivity contribution < 1.29 is 0 Å². The van der Waals surface area contributed by atoms with Crippen LogP contribution in [0.4, 0.5) is 34.1 Å². The number of hydrogen-bond acceptors (Lipinski definition) is 3. The van der Waals surface area contributed by atoms with E-state index >= 15 is 0 Å². The molecule has 1 heterocycles. The van der Waals surface area contributed by atoms with E-state index in [1.54, 1.807) is 0 Å². The lowest BCUT2D eigenvalue weighted by atomic mass is 9.98. The van der Waals surface area contributed by atoms with E-state index in [0.717, 1.165) is 35.6 Å². The molecular formula is C60H42N2S. The number of aryl methyl sites for hydroxylation is 2. The number of fused-ring (bicyclic) bond motifs is 13. The van der Waals surface area contributed by atoms with Crippen molar-refractivity contribution in [3.05, 3.63) is 228 Å². The second kappa shape index (κ2) is 14.0. The lowest BCUT2D eigenvalue weighted by molar-refractivity contribution is 1.20. The van der Waals surface area contributed by atoms with Crippen LogP contribution in [-0.4, -0.2) is 0 Å². The van der Waals surface area contributed by atoms with Gasteiger partial charge in [0, 0.05) is 55.8 Å². The molecule has 298 valence electrons. The number of nitrogens with zero attached hydrogens (tertiary/aromatic N) is 2. The molecule has 2 nitrogen and oxygen atoms in total. The maximum absolute atomic E-state index is 2.47. The number of hydrogen-bond donors (Lipinski definition) is 0. The largest absolute Gasteiger partial charge is 0.310 e. The van der Waals surface area contributed by atoms with Crippen molar-refractivity contribution in [2.45, 2.75) is 26.7 Å². The van der Waals surface area contributed by atoms with Crippen molar-refractivity contribution >= 4 is 87.2 Å². The topological polar surface area (TPSA) is 6.48 Å². The predicted molar refractivity (Wildman–Crippen MR) is 270 cm³/mol. The van der Waals surface area contributed by atoms with Crippen LogP contribution in [-0.2, 0) is 12.8 Å². The molecule has 0 atom stereocenters. The fourth-order valence-corrected chi connectivity index (χ4v) is 11.8. The minimum Gasteiger partial charge on any atom is -0.310 e. The molecule has 0 unspecified atom stereocenters. The lowest BCUT2D eigenvalue weighted by Gasteiger charge is -2.28. The Morgan fingerprint density at radius 2 is 0.778 bits per heavy atom. The zero-order valence-corrected chi connectivity index (χ0v) is 36.0. The standard InChI is InChI=1S/C60H42N2S/c1-37-17-23-43(24-18-37)61(55-15-7-13-51-47-11-5-3-9-39(47)35-53(51)55)45-27-29-49-41(33-45)21-31-57-59(49)60-50-30-28-46(34-42(50)22-32-58(60)63-57)62(44-25-19-38(2)20-26-44)56-16-8-14-52-48-12-6-4-10-40(48)36-54(52)56/h3-34H,35-36H2,1-2H3. The molecule has 2 aliphatic carbocycles. The van der Waals surface area contributed by atoms with Crippen LogP contribution in [0, 0.1) is 13.8 Å². The number of anilines is 6. The summed E-state index contributed by atoms with van der Waals surface area (Å²) in [5, 5.41) is 7.73. The van der Waals surface area contributed by atoms with Crippen molar-refractivity contribution in [2.24, 2.45) is 0 Å². The maximum Gasteiger partial charge on any atom is 0.0503 e. The van der Waals surface area contributed by atoms with E-state index in [4.69, 9.17) is 0 Å². The van der Waals surface area contributed by atoms with Gasteiger partial charge in [0.15, 0.2) is 0 Å². The van der Waals surface area contributed by atoms with Crippen molar-refractivity contribution in [2.75, 3.05) is 9.80 Å². The Labute approximate surface area is 371 Å². The molecule has 0 spiro atoms. The minimum absolute atomic E-state index is 0.929. The summed E-state index contributed by atoms with van der Waals surface area (Å²) in [6.07, 6.45) is 1.86. The zero-order chi connectivity index (χ0) is 41.8. The van der Waals surface area contributed by atoms with E-state index < -0.39 is 0 Å². The number of benzene rings is 10. The van der Waals surface area contributed by atoms with Crippen molar-refractivity contribution in [1.82, 2.24) is 0 Å². The summed E-state index contributed by atoms with van der Waals surface area (Å²) < 4.78 is 2.63. The Balaban J connectivity index is 0.961. The highest BCUT2D eigenvalue weighted by Gasteiger charge is 2.27. The molecule has 3 heteroatoms. The molecule has 0 saturated carbocycles. The highest BCUT2D eigenvalue weighted by molar-refractivity contribution is 7.26. The Morgan fingerprint density at radius 1 is 0.365 bits per heavy atom. The van der Waals surface area contributed by atoms with Gasteiger partial charge in [0.25, 0.3) is 0 Å². The van der Waals surface area contributed by atoms with Gasteiger partial charge in [0.2, 0.25) is 0 Å². The second-order valence-electron chi connectivity index (χ2n) is 17.4. The van der Waals surface area contributed by atoms with Crippen LogP contribution in [0.2, 0.25) is 0 Å². The second-order valence-corrected chi connectivity index (χ2v) is 18.5. The van der Waals surface area contributed by atoms with Crippen LogP contribution in [0.5, 0.6) is 0 Å². The number of thiophene rings is 1. The molecule has 0 saturated heterocycles. The SMILES string of the molecule is Cc1ccc(N(c2ccc3c(ccc4sc5ccc6cc(N(c7ccc(C)cc7)c7cccc8c7Cc7ccccc7-8)ccc6c5c43)c2)c2cccc3c2Cc2ccccc2-3)cc1. The first kappa shape index (κ1) is 36.2. The Hall–Kier alpha value is -7.46. The summed E-state index contributed by atoms with van der Waals surface area (Å²) in [5.74, 6) is 0. The van der Waals surface area contributed by atoms with Crippen molar-refractivity contribution in [3.63, 3.8) is 0 Å². The van der Waals surface area contributed by atoms with E-state index in [2.05, 4.69) is 218 Å². The molecular weight excluding hydrogens is 781 g/mol. The molecule has 2 aliphatic rings. The summed E-state index contributed by atoms with van der Waals surface area (Å²) in [5.41, 5.74) is 20.6. The van der Waals surface area contributed by atoms with Gasteiger partial charge in [0.1, 0.15) is 0 Å². The average molecular weight is 823 g/mol. The fourth-order valence-electron chi connectivity index (χ4n) is 10.6. The quantitative estimate of drug-likeness (QED) is 0.165. The fraction of sp³-hybridized carbons (Fsp3) is 0.0667. The molecule has 11 aromatic rings. The third-order valence-corrected chi connectivity index (χ3v) is 14.8. The van der Waals surface area contributed by atoms with Gasteiger partial charge in [-0.3, -0.25) is 0 Å². The molecule has 0 bridgehead atoms. The van der Waals surface area contributed by atoms with Crippen LogP contribution in [0.25, 0.3) is 64.0 Å². The van der Waals surface area contributed by atoms with Gasteiger partial charge in [-0.05, 0) is 153 Å². The predicted octanol–water partition coefficient (Wildman–Crippen LogP) is 17.1. The van der Waals surface area contributed by atoms with E-state index in [1.165, 1.54) is 109 Å². The summed E-state index contributed by atoms with van der Waals surface area (Å²) in [7, 11) is 0. The van der Waals surface area contributed by atoms with Crippen LogP contribution in [0.15, 0.2) is 194 Å². The van der Waals surface area contributed by atoms with Gasteiger partial charge in [-0.1, -0.05) is 132 Å². The molecule has 0 aliphatic heterocycles. The van der Waals surface area contributed by atoms with Crippen LogP contribution < -0.4 is 9.80 Å². The zero-order valence-electron chi connectivity index (χ0n) is 35.2. The third-order valence-electron chi connectivity index (χ3n) is 13.6. The molecule has 0 amide bonds. The third kappa shape index (κ3) is 5.70. The Morgan fingerprint density at radius 3 is 1.24 bits per heavy atom. The summed E-state index contributed by atoms with van der Waals surface area (Å²) >= 11 is 1.90. The van der Waals surface area contributed by atoms with Gasteiger partial charge in [-0.2, -0.15) is 0 Å². The smallest absolute Gasteiger partial charge is 0.0503 e. The van der Waals surface area contributed by atoms with Crippen LogP contribution in [0.1, 0.15) is 33.4 Å². The first-order chi connectivity index (χ1) is 31.0. The highest BCUT2D eigenvalue weighted by atomic mass is 32.1. The summed E-state index contributed by atoms with van der Waals surface area (Å²) in [6, 6.07) is 72.9. The van der Waals surface area contributed by atoms with Gasteiger partial charge in [-0.15, -0.1) is 11.3 Å². The van der Waals surface area contributed by atoms with Gasteiger partial charge in [-0.25, -0.2) is 0 Å². The first-order valence-corrected chi connectivity index (χ1v) is 22.8. The molecule has 63 heavy (non-hydrogen) atoms. The number of rotatable bonds is 6. The lowest BCUT2D eigenvalue weighted by Crippen LogP contribution is -2.12. The van der Waals surface area contributed by atoms with E-state index in [1.807, 2.05) is 11.3 Å². The Bertz CT molecular complexity index is 3410. The van der Waals surface area contributed by atoms with Crippen LogP contribution in [0.3, 0.4) is 0 Å². The van der Waals surface area contributed by atoms with Crippen molar-refractivity contribution in [1.29, 1.82) is 0 Å². The van der Waals surface area contributed by atoms with Gasteiger partial charge in [0.05, 0.1) is 11.4 Å². The molecule has 0 N–H and O–H groups in total. The summed E-state index contributed by atoms with van der Waals surface area (Å²) in [6.45, 7) is 4.33. The first-order valence-electron chi connectivity index (χ1n) is 22.0. The molecule has 0 fully saturated rings. The summed E-state index contributed by atoms with van der Waals surface area (Å²) in [4.78, 5) is 4.94. The van der Waals surface area contributed by atoms with Crippen molar-refractivity contribution in [3.8, 4) is 22.3 Å². The highest BCUT2D eigenvalue weighted by Crippen LogP contribution is 2.50. The maximum atomic E-state index is 2.47. The van der Waals surface area contributed by atoms with Crippen LogP contribution >= 0.6 is 11.3 Å². The molecule has 0 radical (unpaired) electrons. The Kier molecular flexibility index (Phi) is 8.07.